The molecule has 0 aliphatic rings. The van der Waals surface area contributed by atoms with Gasteiger partial charge in [0.2, 0.25) is 5.95 Å². The molecule has 180 valence electrons. The molecular weight excluding hydrogens is 457 g/mol. The van der Waals surface area contributed by atoms with Crippen LogP contribution in [0.5, 0.6) is 11.5 Å². The molecule has 0 aliphatic carbocycles. The molecule has 3 aromatic rings. The van der Waals surface area contributed by atoms with Crippen molar-refractivity contribution >= 4 is 23.4 Å². The topological polar surface area (TPSA) is 115 Å². The van der Waals surface area contributed by atoms with Crippen LogP contribution in [0, 0.1) is 0 Å². The third-order valence-electron chi connectivity index (χ3n) is 4.36. The zero-order chi connectivity index (χ0) is 24.7. The molecule has 12 heteroatoms. The average Bonchev–Trinajstić information content (AvgIpc) is 2.81. The molecule has 0 aliphatic heterocycles. The van der Waals surface area contributed by atoms with Crippen LogP contribution < -0.4 is 20.1 Å². The number of nitrogens with zero attached hydrogens (tertiary/aromatic N) is 2. The Morgan fingerprint density at radius 2 is 1.88 bits per heavy atom. The highest BCUT2D eigenvalue weighted by atomic mass is 19.4. The summed E-state index contributed by atoms with van der Waals surface area (Å²) in [6.45, 7) is -0.0286. The van der Waals surface area contributed by atoms with E-state index in [1.807, 2.05) is 0 Å². The number of aliphatic hydroxyl groups is 1. The van der Waals surface area contributed by atoms with E-state index in [2.05, 4.69) is 25.3 Å². The number of nitrogens with one attached hydrogen (secondary N) is 2. The smallest absolute Gasteiger partial charge is 0.496 e. The molecule has 3 N–H and O–H groups in total. The van der Waals surface area contributed by atoms with Gasteiger partial charge in [0.15, 0.2) is 0 Å². The Morgan fingerprint density at radius 1 is 1.09 bits per heavy atom. The van der Waals surface area contributed by atoms with E-state index in [9.17, 15) is 18.0 Å². The SMILES string of the molecule is COC(=O)c1ccc(Nc2cc(-c3cccc(OC(F)(F)F)c3)nc(NCCO)n2)cc1OC. The number of halogens is 3. The number of carbonyl (C=O) groups excluding carboxylic acids is 1. The maximum atomic E-state index is 12.6. The van der Waals surface area contributed by atoms with Gasteiger partial charge in [0.1, 0.15) is 22.9 Å². The summed E-state index contributed by atoms with van der Waals surface area (Å²) in [5.74, 6) is -0.271. The fraction of sp³-hybridized carbons (Fsp3) is 0.227. The number of aromatic nitrogens is 2. The van der Waals surface area contributed by atoms with Crippen molar-refractivity contribution in [3.8, 4) is 22.8 Å². The molecule has 34 heavy (non-hydrogen) atoms. The van der Waals surface area contributed by atoms with Gasteiger partial charge in [0, 0.05) is 29.9 Å². The Morgan fingerprint density at radius 3 is 2.56 bits per heavy atom. The summed E-state index contributed by atoms with van der Waals surface area (Å²) >= 11 is 0. The van der Waals surface area contributed by atoms with Gasteiger partial charge in [0.05, 0.1) is 26.5 Å². The summed E-state index contributed by atoms with van der Waals surface area (Å²) in [5, 5.41) is 15.0. The summed E-state index contributed by atoms with van der Waals surface area (Å²) in [5.41, 5.74) is 1.38. The lowest BCUT2D eigenvalue weighted by Crippen LogP contribution is -2.17. The van der Waals surface area contributed by atoms with Gasteiger partial charge in [-0.2, -0.15) is 4.98 Å². The highest BCUT2D eigenvalue weighted by Gasteiger charge is 2.31. The standard InChI is InChI=1S/C22H21F3N4O5/c1-32-18-11-14(6-7-16(18)20(31)33-2)27-19-12-17(28-21(29-19)26-8-9-30)13-4-3-5-15(10-13)34-22(23,24)25/h3-7,10-12,30H,8-9H2,1-2H3,(H2,26,27,28,29). The van der Waals surface area contributed by atoms with Crippen LogP contribution in [0.25, 0.3) is 11.3 Å². The van der Waals surface area contributed by atoms with Gasteiger partial charge >= 0.3 is 12.3 Å². The monoisotopic (exact) mass is 478 g/mol. The summed E-state index contributed by atoms with van der Waals surface area (Å²) in [7, 11) is 2.66. The quantitative estimate of drug-likeness (QED) is 0.393. The van der Waals surface area contributed by atoms with Crippen molar-refractivity contribution in [2.24, 2.45) is 0 Å². The lowest BCUT2D eigenvalue weighted by molar-refractivity contribution is -0.274. The maximum absolute atomic E-state index is 12.6. The number of ether oxygens (including phenoxy) is 3. The van der Waals surface area contributed by atoms with Crippen LogP contribution in [0.2, 0.25) is 0 Å². The Kier molecular flexibility index (Phi) is 7.74. The van der Waals surface area contributed by atoms with Crippen LogP contribution in [0.1, 0.15) is 10.4 Å². The zero-order valence-electron chi connectivity index (χ0n) is 18.1. The summed E-state index contributed by atoms with van der Waals surface area (Å²) < 4.78 is 51.8. The van der Waals surface area contributed by atoms with Gasteiger partial charge in [-0.25, -0.2) is 9.78 Å². The van der Waals surface area contributed by atoms with E-state index in [1.54, 1.807) is 18.2 Å². The van der Waals surface area contributed by atoms with Crippen LogP contribution in [0.3, 0.4) is 0 Å². The van der Waals surface area contributed by atoms with Gasteiger partial charge < -0.3 is 30.0 Å². The van der Waals surface area contributed by atoms with Crippen molar-refractivity contribution in [2.75, 3.05) is 38.0 Å². The minimum atomic E-state index is -4.83. The second-order valence-corrected chi connectivity index (χ2v) is 6.72. The van der Waals surface area contributed by atoms with Gasteiger partial charge in [-0.15, -0.1) is 13.2 Å². The Balaban J connectivity index is 1.97. The summed E-state index contributed by atoms with van der Waals surface area (Å²) in [6.07, 6.45) is -4.83. The second-order valence-electron chi connectivity index (χ2n) is 6.72. The van der Waals surface area contributed by atoms with E-state index in [4.69, 9.17) is 14.6 Å². The Labute approximate surface area is 192 Å². The average molecular weight is 478 g/mol. The van der Waals surface area contributed by atoms with Gasteiger partial charge in [-0.1, -0.05) is 12.1 Å². The molecule has 0 radical (unpaired) electrons. The Hall–Kier alpha value is -4.06. The minimum absolute atomic E-state index is 0.134. The van der Waals surface area contributed by atoms with Crippen LogP contribution in [0.15, 0.2) is 48.5 Å². The predicted octanol–water partition coefficient (Wildman–Crippen LogP) is 3.99. The largest absolute Gasteiger partial charge is 0.573 e. The van der Waals surface area contributed by atoms with Crippen LogP contribution in [-0.2, 0) is 4.74 Å². The number of hydrogen-bond donors (Lipinski definition) is 3. The van der Waals surface area contributed by atoms with Crippen LogP contribution in [0.4, 0.5) is 30.6 Å². The Bertz CT molecular complexity index is 1160. The molecule has 2 aromatic carbocycles. The van der Waals surface area contributed by atoms with E-state index in [1.165, 1.54) is 44.6 Å². The molecule has 0 unspecified atom stereocenters. The number of alkyl halides is 3. The van der Waals surface area contributed by atoms with Crippen LogP contribution >= 0.6 is 0 Å². The summed E-state index contributed by atoms with van der Waals surface area (Å²) in [4.78, 5) is 20.5. The van der Waals surface area contributed by atoms with E-state index < -0.39 is 18.1 Å². The lowest BCUT2D eigenvalue weighted by Gasteiger charge is -2.14. The van der Waals surface area contributed by atoms with Crippen molar-refractivity contribution < 1.29 is 37.3 Å². The molecule has 0 saturated heterocycles. The molecule has 0 saturated carbocycles. The lowest BCUT2D eigenvalue weighted by atomic mass is 10.1. The van der Waals surface area contributed by atoms with Crippen molar-refractivity contribution in [2.45, 2.75) is 6.36 Å². The predicted molar refractivity (Wildman–Crippen MR) is 117 cm³/mol. The first kappa shape index (κ1) is 24.6. The fourth-order valence-corrected chi connectivity index (χ4v) is 2.95. The zero-order valence-corrected chi connectivity index (χ0v) is 18.1. The molecule has 0 fully saturated rings. The number of rotatable bonds is 9. The molecule has 0 spiro atoms. The van der Waals surface area contributed by atoms with Crippen LogP contribution in [-0.4, -0.2) is 54.8 Å². The molecule has 9 nitrogen and oxygen atoms in total. The van der Waals surface area contributed by atoms with E-state index in [0.717, 1.165) is 0 Å². The number of anilines is 3. The first-order chi connectivity index (χ1) is 16.2. The third-order valence-corrected chi connectivity index (χ3v) is 4.36. The van der Waals surface area contributed by atoms with Crippen molar-refractivity contribution in [3.63, 3.8) is 0 Å². The highest BCUT2D eigenvalue weighted by Crippen LogP contribution is 2.30. The molecule has 0 atom stereocenters. The number of hydrogen-bond acceptors (Lipinski definition) is 9. The minimum Gasteiger partial charge on any atom is -0.496 e. The molecule has 1 aromatic heterocycles. The number of benzene rings is 2. The number of aliphatic hydroxyl groups excluding tert-OH is 1. The molecule has 1 heterocycles. The van der Waals surface area contributed by atoms with Gasteiger partial charge in [-0.05, 0) is 24.3 Å². The molecule has 0 amide bonds. The van der Waals surface area contributed by atoms with E-state index in [0.29, 0.717) is 22.8 Å². The van der Waals surface area contributed by atoms with E-state index >= 15 is 0 Å². The number of esters is 1. The van der Waals surface area contributed by atoms with Crippen molar-refractivity contribution in [1.29, 1.82) is 0 Å². The molecular formula is C22H21F3N4O5. The normalized spacial score (nSPS) is 11.0. The van der Waals surface area contributed by atoms with Crippen molar-refractivity contribution in [1.82, 2.24) is 9.97 Å². The summed E-state index contributed by atoms with van der Waals surface area (Å²) in [6, 6.07) is 11.6. The number of carbonyl (C=O) groups is 1. The fourth-order valence-electron chi connectivity index (χ4n) is 2.95. The van der Waals surface area contributed by atoms with Gasteiger partial charge in [0.25, 0.3) is 0 Å². The highest BCUT2D eigenvalue weighted by molar-refractivity contribution is 5.93. The maximum Gasteiger partial charge on any atom is 0.573 e. The van der Waals surface area contributed by atoms with E-state index in [-0.39, 0.29) is 30.4 Å². The van der Waals surface area contributed by atoms with Gasteiger partial charge in [-0.3, -0.25) is 0 Å². The molecule has 3 rings (SSSR count). The first-order valence-electron chi connectivity index (χ1n) is 9.86. The number of methoxy groups -OCH3 is 2. The third kappa shape index (κ3) is 6.48. The molecule has 0 bridgehead atoms. The second kappa shape index (κ2) is 10.7. The first-order valence-corrected chi connectivity index (χ1v) is 9.86. The van der Waals surface area contributed by atoms with Crippen molar-refractivity contribution in [3.05, 3.63) is 54.1 Å².